The number of carbonyl (C=O) groups excluding carboxylic acids is 1. The van der Waals surface area contributed by atoms with Crippen LogP contribution in [0.2, 0.25) is 0 Å². The summed E-state index contributed by atoms with van der Waals surface area (Å²) in [6.45, 7) is 0. The second-order valence-electron chi connectivity index (χ2n) is 4.91. The Balaban J connectivity index is 2.05. The van der Waals surface area contributed by atoms with E-state index in [4.69, 9.17) is 0 Å². The Morgan fingerprint density at radius 2 is 2.31 bits per heavy atom. The summed E-state index contributed by atoms with van der Waals surface area (Å²) in [5.74, 6) is 1.71. The Bertz CT molecular complexity index is 279. The third-order valence-corrected chi connectivity index (χ3v) is 4.56. The van der Waals surface area contributed by atoms with Crippen LogP contribution in [0.1, 0.15) is 38.5 Å². The molecule has 3 aliphatic carbocycles. The van der Waals surface area contributed by atoms with Gasteiger partial charge in [0.2, 0.25) is 0 Å². The number of hydrogen-bond acceptors (Lipinski definition) is 1. The van der Waals surface area contributed by atoms with Gasteiger partial charge in [0.15, 0.2) is 0 Å². The van der Waals surface area contributed by atoms with Crippen molar-refractivity contribution in [3.05, 3.63) is 12.2 Å². The SMILES string of the molecule is O=C1CC[C@]23CCC[C@@H]2C=CC[C@H]13. The van der Waals surface area contributed by atoms with Crippen molar-refractivity contribution in [3.63, 3.8) is 0 Å². The van der Waals surface area contributed by atoms with Gasteiger partial charge in [0.05, 0.1) is 0 Å². The number of allylic oxidation sites excluding steroid dienone is 2. The van der Waals surface area contributed by atoms with Crippen molar-refractivity contribution in [2.45, 2.75) is 38.5 Å². The van der Waals surface area contributed by atoms with E-state index in [1.54, 1.807) is 0 Å². The molecule has 2 fully saturated rings. The van der Waals surface area contributed by atoms with Crippen LogP contribution >= 0.6 is 0 Å². The van der Waals surface area contributed by atoms with E-state index in [0.717, 1.165) is 18.8 Å². The minimum Gasteiger partial charge on any atom is -0.299 e. The van der Waals surface area contributed by atoms with Gasteiger partial charge in [0.25, 0.3) is 0 Å². The van der Waals surface area contributed by atoms with Crippen LogP contribution < -0.4 is 0 Å². The molecule has 0 heterocycles. The van der Waals surface area contributed by atoms with Crippen LogP contribution in [0.25, 0.3) is 0 Å². The second-order valence-corrected chi connectivity index (χ2v) is 4.91. The molecule has 3 aliphatic rings. The zero-order valence-corrected chi connectivity index (χ0v) is 7.96. The smallest absolute Gasteiger partial charge is 0.136 e. The van der Waals surface area contributed by atoms with Crippen molar-refractivity contribution in [2.24, 2.45) is 17.3 Å². The van der Waals surface area contributed by atoms with Crippen molar-refractivity contribution in [3.8, 4) is 0 Å². The normalized spacial score (nSPS) is 47.8. The first-order valence-corrected chi connectivity index (χ1v) is 5.52. The molecule has 0 aromatic heterocycles. The highest BCUT2D eigenvalue weighted by Crippen LogP contribution is 2.59. The molecule has 13 heavy (non-hydrogen) atoms. The first-order valence-electron chi connectivity index (χ1n) is 5.52. The number of Topliss-reactive ketones (excluding diaryl/α,β-unsaturated/α-hetero) is 1. The van der Waals surface area contributed by atoms with Gasteiger partial charge in [-0.05, 0) is 37.0 Å². The van der Waals surface area contributed by atoms with Gasteiger partial charge in [0.1, 0.15) is 5.78 Å². The Morgan fingerprint density at radius 1 is 1.38 bits per heavy atom. The van der Waals surface area contributed by atoms with Gasteiger partial charge in [-0.1, -0.05) is 18.6 Å². The zero-order chi connectivity index (χ0) is 8.89. The molecule has 0 aromatic rings. The average molecular weight is 176 g/mol. The summed E-state index contributed by atoms with van der Waals surface area (Å²) in [5, 5.41) is 0. The van der Waals surface area contributed by atoms with E-state index < -0.39 is 0 Å². The molecule has 1 heteroatoms. The van der Waals surface area contributed by atoms with Crippen molar-refractivity contribution < 1.29 is 4.79 Å². The summed E-state index contributed by atoms with van der Waals surface area (Å²) in [7, 11) is 0. The molecule has 0 N–H and O–H groups in total. The first-order chi connectivity index (χ1) is 6.33. The summed E-state index contributed by atoms with van der Waals surface area (Å²) >= 11 is 0. The van der Waals surface area contributed by atoms with E-state index in [2.05, 4.69) is 12.2 Å². The standard InChI is InChI=1S/C12H16O/c13-11-6-8-12-7-2-4-9(12)3-1-5-10(11)12/h1,3,9-10H,2,4-8H2/t9-,10+,12+/m0/s1. The molecule has 0 amide bonds. The summed E-state index contributed by atoms with van der Waals surface area (Å²) in [6, 6.07) is 0. The highest BCUT2D eigenvalue weighted by molar-refractivity contribution is 5.84. The number of carbonyl (C=O) groups is 1. The predicted molar refractivity (Wildman–Crippen MR) is 51.3 cm³/mol. The maximum Gasteiger partial charge on any atom is 0.136 e. The molecule has 3 atom stereocenters. The monoisotopic (exact) mass is 176 g/mol. The zero-order valence-electron chi connectivity index (χ0n) is 7.96. The quantitative estimate of drug-likeness (QED) is 0.519. The van der Waals surface area contributed by atoms with E-state index in [1.165, 1.54) is 25.7 Å². The van der Waals surface area contributed by atoms with E-state index in [9.17, 15) is 4.79 Å². The van der Waals surface area contributed by atoms with Crippen molar-refractivity contribution in [2.75, 3.05) is 0 Å². The van der Waals surface area contributed by atoms with Crippen LogP contribution in [0.3, 0.4) is 0 Å². The molecule has 1 spiro atoms. The van der Waals surface area contributed by atoms with Crippen molar-refractivity contribution in [1.82, 2.24) is 0 Å². The lowest BCUT2D eigenvalue weighted by Crippen LogP contribution is -2.33. The minimum atomic E-state index is 0.407. The Hall–Kier alpha value is -0.590. The fraction of sp³-hybridized carbons (Fsp3) is 0.750. The largest absolute Gasteiger partial charge is 0.299 e. The summed E-state index contributed by atoms with van der Waals surface area (Å²) in [6.07, 6.45) is 11.7. The summed E-state index contributed by atoms with van der Waals surface area (Å²) in [4.78, 5) is 11.7. The predicted octanol–water partition coefficient (Wildman–Crippen LogP) is 2.71. The molecule has 0 radical (unpaired) electrons. The van der Waals surface area contributed by atoms with Crippen LogP contribution in [0.15, 0.2) is 12.2 Å². The Morgan fingerprint density at radius 3 is 3.23 bits per heavy atom. The summed E-state index contributed by atoms with van der Waals surface area (Å²) in [5.41, 5.74) is 0.436. The van der Waals surface area contributed by atoms with Gasteiger partial charge in [-0.15, -0.1) is 0 Å². The van der Waals surface area contributed by atoms with Gasteiger partial charge in [-0.2, -0.15) is 0 Å². The molecule has 1 nitrogen and oxygen atoms in total. The van der Waals surface area contributed by atoms with Gasteiger partial charge in [0, 0.05) is 12.3 Å². The lowest BCUT2D eigenvalue weighted by Gasteiger charge is -2.37. The maximum atomic E-state index is 11.7. The van der Waals surface area contributed by atoms with E-state index >= 15 is 0 Å². The number of ketones is 1. The van der Waals surface area contributed by atoms with E-state index in [1.807, 2.05) is 0 Å². The Labute approximate surface area is 79.2 Å². The first kappa shape index (κ1) is 7.78. The molecular formula is C12H16O. The van der Waals surface area contributed by atoms with Gasteiger partial charge in [-0.3, -0.25) is 4.79 Å². The molecule has 0 unspecified atom stereocenters. The molecule has 0 aliphatic heterocycles. The minimum absolute atomic E-state index is 0.407. The van der Waals surface area contributed by atoms with Crippen LogP contribution in [0.5, 0.6) is 0 Å². The number of rotatable bonds is 0. The lowest BCUT2D eigenvalue weighted by atomic mass is 9.66. The van der Waals surface area contributed by atoms with Crippen LogP contribution in [-0.4, -0.2) is 5.78 Å². The van der Waals surface area contributed by atoms with Gasteiger partial charge >= 0.3 is 0 Å². The molecular weight excluding hydrogens is 160 g/mol. The summed E-state index contributed by atoms with van der Waals surface area (Å²) < 4.78 is 0. The highest BCUT2D eigenvalue weighted by atomic mass is 16.1. The molecule has 2 saturated carbocycles. The molecule has 70 valence electrons. The third kappa shape index (κ3) is 0.853. The highest BCUT2D eigenvalue weighted by Gasteiger charge is 2.54. The number of hydrogen-bond donors (Lipinski definition) is 0. The van der Waals surface area contributed by atoms with Crippen molar-refractivity contribution in [1.29, 1.82) is 0 Å². The van der Waals surface area contributed by atoms with Crippen molar-refractivity contribution >= 4 is 5.78 Å². The van der Waals surface area contributed by atoms with Crippen LogP contribution in [-0.2, 0) is 4.79 Å². The second kappa shape index (κ2) is 2.46. The fourth-order valence-corrected chi connectivity index (χ4v) is 3.92. The van der Waals surface area contributed by atoms with Crippen LogP contribution in [0.4, 0.5) is 0 Å². The van der Waals surface area contributed by atoms with E-state index in [0.29, 0.717) is 17.1 Å². The van der Waals surface area contributed by atoms with Gasteiger partial charge in [-0.25, -0.2) is 0 Å². The lowest BCUT2D eigenvalue weighted by molar-refractivity contribution is -0.122. The fourth-order valence-electron chi connectivity index (χ4n) is 3.92. The van der Waals surface area contributed by atoms with Crippen LogP contribution in [0, 0.1) is 17.3 Å². The van der Waals surface area contributed by atoms with E-state index in [-0.39, 0.29) is 0 Å². The third-order valence-electron chi connectivity index (χ3n) is 4.56. The topological polar surface area (TPSA) is 17.1 Å². The Kier molecular flexibility index (Phi) is 1.47. The van der Waals surface area contributed by atoms with Gasteiger partial charge < -0.3 is 0 Å². The molecule has 0 aromatic carbocycles. The molecule has 0 bridgehead atoms. The maximum absolute atomic E-state index is 11.7. The average Bonchev–Trinajstić information content (AvgIpc) is 2.68. The molecule has 0 saturated heterocycles. The molecule has 3 rings (SSSR count).